The van der Waals surface area contributed by atoms with Gasteiger partial charge in [0.1, 0.15) is 5.56 Å². The second-order valence-corrected chi connectivity index (χ2v) is 5.33. The molecule has 1 aliphatic heterocycles. The van der Waals surface area contributed by atoms with Crippen molar-refractivity contribution < 1.29 is 9.90 Å². The Morgan fingerprint density at radius 3 is 2.85 bits per heavy atom. The summed E-state index contributed by atoms with van der Waals surface area (Å²) in [7, 11) is 0. The molecule has 102 valence electrons. The van der Waals surface area contributed by atoms with Gasteiger partial charge in [0.2, 0.25) is 0 Å². The molecule has 3 rings (SSSR count). The summed E-state index contributed by atoms with van der Waals surface area (Å²) in [5.41, 5.74) is 2.09. The SMILES string of the molecule is O=C(O)c1c(Cl)c(-c2cccnc2)n2c1C=C(Cl)CC2. The summed E-state index contributed by atoms with van der Waals surface area (Å²) in [5.74, 6) is -1.06. The highest BCUT2D eigenvalue weighted by Gasteiger charge is 2.27. The lowest BCUT2D eigenvalue weighted by Crippen LogP contribution is -2.09. The summed E-state index contributed by atoms with van der Waals surface area (Å²) in [5, 5.41) is 10.2. The zero-order chi connectivity index (χ0) is 14.3. The van der Waals surface area contributed by atoms with E-state index in [9.17, 15) is 9.90 Å². The minimum absolute atomic E-state index is 0.0865. The first-order chi connectivity index (χ1) is 9.59. The molecule has 0 bridgehead atoms. The topological polar surface area (TPSA) is 55.1 Å². The Morgan fingerprint density at radius 2 is 2.20 bits per heavy atom. The van der Waals surface area contributed by atoms with Gasteiger partial charge in [0, 0.05) is 36.0 Å². The first-order valence-corrected chi connectivity index (χ1v) is 6.77. The number of fused-ring (bicyclic) bond motifs is 1. The van der Waals surface area contributed by atoms with Crippen molar-refractivity contribution in [2.24, 2.45) is 0 Å². The summed E-state index contributed by atoms with van der Waals surface area (Å²) in [6, 6.07) is 3.64. The van der Waals surface area contributed by atoms with Crippen LogP contribution in [-0.4, -0.2) is 20.6 Å². The van der Waals surface area contributed by atoms with Crippen LogP contribution >= 0.6 is 23.2 Å². The number of aromatic carboxylic acids is 1. The number of carbonyl (C=O) groups is 1. The van der Waals surface area contributed by atoms with Gasteiger partial charge in [-0.15, -0.1) is 0 Å². The normalized spacial score (nSPS) is 13.8. The van der Waals surface area contributed by atoms with Crippen molar-refractivity contribution >= 4 is 35.2 Å². The maximum absolute atomic E-state index is 11.5. The lowest BCUT2D eigenvalue weighted by Gasteiger charge is -2.16. The van der Waals surface area contributed by atoms with Crippen molar-refractivity contribution in [3.05, 3.63) is 45.8 Å². The lowest BCUT2D eigenvalue weighted by atomic mass is 10.1. The fraction of sp³-hybridized carbons (Fsp3) is 0.143. The van der Waals surface area contributed by atoms with Crippen LogP contribution in [0, 0.1) is 0 Å². The highest BCUT2D eigenvalue weighted by atomic mass is 35.5. The molecule has 2 aromatic heterocycles. The fourth-order valence-corrected chi connectivity index (χ4v) is 2.99. The number of allylic oxidation sites excluding steroid dienone is 1. The average molecular weight is 309 g/mol. The van der Waals surface area contributed by atoms with Gasteiger partial charge in [-0.05, 0) is 18.2 Å². The number of nitrogens with zero attached hydrogens (tertiary/aromatic N) is 2. The number of hydrogen-bond donors (Lipinski definition) is 1. The zero-order valence-corrected chi connectivity index (χ0v) is 11.8. The Morgan fingerprint density at radius 1 is 1.40 bits per heavy atom. The average Bonchev–Trinajstić information content (AvgIpc) is 2.71. The molecule has 0 saturated carbocycles. The van der Waals surface area contributed by atoms with Gasteiger partial charge in [-0.25, -0.2) is 4.79 Å². The van der Waals surface area contributed by atoms with Gasteiger partial charge in [-0.3, -0.25) is 4.98 Å². The number of pyridine rings is 1. The van der Waals surface area contributed by atoms with Crippen molar-refractivity contribution in [2.45, 2.75) is 13.0 Å². The van der Waals surface area contributed by atoms with Crippen LogP contribution < -0.4 is 0 Å². The van der Waals surface area contributed by atoms with Crippen LogP contribution in [0.4, 0.5) is 0 Å². The van der Waals surface area contributed by atoms with Crippen LogP contribution in [-0.2, 0) is 6.54 Å². The van der Waals surface area contributed by atoms with Crippen LogP contribution in [0.15, 0.2) is 29.6 Å². The van der Waals surface area contributed by atoms with E-state index in [1.54, 1.807) is 24.5 Å². The third kappa shape index (κ3) is 2.01. The third-order valence-electron chi connectivity index (χ3n) is 3.26. The second-order valence-electron chi connectivity index (χ2n) is 4.46. The van der Waals surface area contributed by atoms with Crippen LogP contribution in [0.2, 0.25) is 5.02 Å². The molecule has 0 atom stereocenters. The van der Waals surface area contributed by atoms with E-state index in [-0.39, 0.29) is 10.6 Å². The Labute approximate surface area is 125 Å². The van der Waals surface area contributed by atoms with E-state index < -0.39 is 5.97 Å². The number of hydrogen-bond acceptors (Lipinski definition) is 2. The maximum Gasteiger partial charge on any atom is 0.339 e. The van der Waals surface area contributed by atoms with Crippen LogP contribution in [0.3, 0.4) is 0 Å². The summed E-state index contributed by atoms with van der Waals surface area (Å²) < 4.78 is 1.88. The molecule has 0 radical (unpaired) electrons. The van der Waals surface area contributed by atoms with Crippen molar-refractivity contribution in [1.29, 1.82) is 0 Å². The summed E-state index contributed by atoms with van der Waals surface area (Å²) in [6.07, 6.45) is 5.65. The molecule has 1 N–H and O–H groups in total. The van der Waals surface area contributed by atoms with E-state index in [0.29, 0.717) is 29.4 Å². The second kappa shape index (κ2) is 4.96. The largest absolute Gasteiger partial charge is 0.478 e. The van der Waals surface area contributed by atoms with E-state index in [2.05, 4.69) is 4.98 Å². The van der Waals surface area contributed by atoms with Crippen LogP contribution in [0.5, 0.6) is 0 Å². The quantitative estimate of drug-likeness (QED) is 0.915. The van der Waals surface area contributed by atoms with E-state index >= 15 is 0 Å². The Bertz CT molecular complexity index is 721. The van der Waals surface area contributed by atoms with Gasteiger partial charge in [0.25, 0.3) is 0 Å². The monoisotopic (exact) mass is 308 g/mol. The van der Waals surface area contributed by atoms with Gasteiger partial charge in [0.15, 0.2) is 0 Å². The Hall–Kier alpha value is -1.78. The Kier molecular flexibility index (Phi) is 3.28. The highest BCUT2D eigenvalue weighted by molar-refractivity contribution is 6.37. The third-order valence-corrected chi connectivity index (χ3v) is 3.93. The summed E-state index contributed by atoms with van der Waals surface area (Å²) in [6.45, 7) is 0.599. The molecule has 0 unspecified atom stereocenters. The molecule has 6 heteroatoms. The van der Waals surface area contributed by atoms with Gasteiger partial charge >= 0.3 is 5.97 Å². The first kappa shape index (κ1) is 13.2. The smallest absolute Gasteiger partial charge is 0.339 e. The molecule has 0 spiro atoms. The van der Waals surface area contributed by atoms with E-state index in [1.807, 2.05) is 10.6 Å². The predicted octanol–water partition coefficient (Wildman–Crippen LogP) is 3.89. The summed E-state index contributed by atoms with van der Waals surface area (Å²) >= 11 is 12.3. The zero-order valence-electron chi connectivity index (χ0n) is 10.3. The maximum atomic E-state index is 11.5. The van der Waals surface area contributed by atoms with E-state index in [0.717, 1.165) is 5.56 Å². The molecule has 1 aliphatic rings. The predicted molar refractivity (Wildman–Crippen MR) is 78.1 cm³/mol. The van der Waals surface area contributed by atoms with Crippen molar-refractivity contribution in [1.82, 2.24) is 9.55 Å². The molecule has 0 amide bonds. The molecule has 0 aliphatic carbocycles. The molecular formula is C14H10Cl2N2O2. The van der Waals surface area contributed by atoms with Crippen LogP contribution in [0.1, 0.15) is 22.5 Å². The molecule has 0 fully saturated rings. The number of rotatable bonds is 2. The van der Waals surface area contributed by atoms with Gasteiger partial charge < -0.3 is 9.67 Å². The molecular weight excluding hydrogens is 299 g/mol. The fourth-order valence-electron chi connectivity index (χ4n) is 2.42. The van der Waals surface area contributed by atoms with Crippen molar-refractivity contribution in [2.75, 3.05) is 0 Å². The molecule has 0 saturated heterocycles. The highest BCUT2D eigenvalue weighted by Crippen LogP contribution is 2.39. The molecule has 20 heavy (non-hydrogen) atoms. The van der Waals surface area contributed by atoms with Gasteiger partial charge in [-0.2, -0.15) is 0 Å². The minimum atomic E-state index is -1.06. The van der Waals surface area contributed by atoms with E-state index in [4.69, 9.17) is 23.2 Å². The molecule has 2 aromatic rings. The molecule has 0 aromatic carbocycles. The lowest BCUT2D eigenvalue weighted by molar-refractivity contribution is 0.0697. The standard InChI is InChI=1S/C14H10Cl2N2O2/c15-9-3-5-18-10(6-9)11(14(19)20)12(16)13(18)8-2-1-4-17-7-8/h1-2,4,6-7H,3,5H2,(H,19,20). The molecule has 3 heterocycles. The number of halogens is 2. The molecule has 4 nitrogen and oxygen atoms in total. The number of carboxylic acid groups (broad SMARTS) is 1. The number of carboxylic acids is 1. The number of aromatic nitrogens is 2. The van der Waals surface area contributed by atoms with Crippen molar-refractivity contribution in [3.63, 3.8) is 0 Å². The van der Waals surface area contributed by atoms with Crippen molar-refractivity contribution in [3.8, 4) is 11.3 Å². The summed E-state index contributed by atoms with van der Waals surface area (Å²) in [4.78, 5) is 15.5. The first-order valence-electron chi connectivity index (χ1n) is 6.01. The van der Waals surface area contributed by atoms with Gasteiger partial charge in [0.05, 0.1) is 16.4 Å². The Balaban J connectivity index is 2.32. The van der Waals surface area contributed by atoms with Crippen LogP contribution in [0.25, 0.3) is 17.3 Å². The van der Waals surface area contributed by atoms with Gasteiger partial charge in [-0.1, -0.05) is 23.2 Å². The minimum Gasteiger partial charge on any atom is -0.478 e. The van der Waals surface area contributed by atoms with E-state index in [1.165, 1.54) is 0 Å².